The van der Waals surface area contributed by atoms with Crippen molar-refractivity contribution in [2.45, 2.75) is 20.4 Å². The highest BCUT2D eigenvalue weighted by Crippen LogP contribution is 2.15. The molecule has 0 aliphatic heterocycles. The molecule has 0 aliphatic rings. The molecule has 1 aromatic heterocycles. The van der Waals surface area contributed by atoms with Crippen molar-refractivity contribution in [2.24, 2.45) is 0 Å². The summed E-state index contributed by atoms with van der Waals surface area (Å²) in [6.07, 6.45) is 1.68. The van der Waals surface area contributed by atoms with Gasteiger partial charge in [0.1, 0.15) is 12.3 Å². The highest BCUT2D eigenvalue weighted by Gasteiger charge is 2.05. The molecule has 0 unspecified atom stereocenters. The Kier molecular flexibility index (Phi) is 4.18. The zero-order valence-corrected chi connectivity index (χ0v) is 11.1. The standard InChI is InChI=1S/C14H17N3O2/c1-3-19-13-6-4-12(5-7-13)16-14(18)10-17-11(2)8-9-15-17/h4-9H,3,10H2,1-2H3,(H,16,18). The number of rotatable bonds is 5. The summed E-state index contributed by atoms with van der Waals surface area (Å²) in [6, 6.07) is 9.17. The van der Waals surface area contributed by atoms with Crippen LogP contribution < -0.4 is 10.1 Å². The second kappa shape index (κ2) is 6.04. The summed E-state index contributed by atoms with van der Waals surface area (Å²) >= 11 is 0. The normalized spacial score (nSPS) is 10.2. The lowest BCUT2D eigenvalue weighted by molar-refractivity contribution is -0.116. The summed E-state index contributed by atoms with van der Waals surface area (Å²) in [4.78, 5) is 11.8. The van der Waals surface area contributed by atoms with Crippen LogP contribution in [0.5, 0.6) is 5.75 Å². The van der Waals surface area contributed by atoms with E-state index in [1.54, 1.807) is 10.9 Å². The Morgan fingerprint density at radius 3 is 2.63 bits per heavy atom. The van der Waals surface area contributed by atoms with E-state index in [4.69, 9.17) is 4.74 Å². The van der Waals surface area contributed by atoms with Crippen LogP contribution >= 0.6 is 0 Å². The lowest BCUT2D eigenvalue weighted by Crippen LogP contribution is -2.20. The molecule has 0 fully saturated rings. The van der Waals surface area contributed by atoms with Crippen LogP contribution in [0.3, 0.4) is 0 Å². The van der Waals surface area contributed by atoms with Crippen LogP contribution in [0.4, 0.5) is 5.69 Å². The molecule has 19 heavy (non-hydrogen) atoms. The highest BCUT2D eigenvalue weighted by molar-refractivity contribution is 5.90. The summed E-state index contributed by atoms with van der Waals surface area (Å²) in [5.41, 5.74) is 1.71. The number of aromatic nitrogens is 2. The summed E-state index contributed by atoms with van der Waals surface area (Å²) < 4.78 is 7.00. The van der Waals surface area contributed by atoms with E-state index in [0.717, 1.165) is 17.1 Å². The molecule has 100 valence electrons. The van der Waals surface area contributed by atoms with Crippen molar-refractivity contribution in [3.05, 3.63) is 42.2 Å². The fraction of sp³-hybridized carbons (Fsp3) is 0.286. The maximum absolute atomic E-state index is 11.8. The van der Waals surface area contributed by atoms with Crippen molar-refractivity contribution in [1.29, 1.82) is 0 Å². The van der Waals surface area contributed by atoms with E-state index in [9.17, 15) is 4.79 Å². The Hall–Kier alpha value is -2.30. The molecule has 0 aliphatic carbocycles. The zero-order chi connectivity index (χ0) is 13.7. The van der Waals surface area contributed by atoms with Crippen LogP contribution in [-0.2, 0) is 11.3 Å². The van der Waals surface area contributed by atoms with Crippen LogP contribution in [0.25, 0.3) is 0 Å². The first-order valence-electron chi connectivity index (χ1n) is 6.20. The molecule has 5 heteroatoms. The van der Waals surface area contributed by atoms with E-state index in [2.05, 4.69) is 10.4 Å². The van der Waals surface area contributed by atoms with Gasteiger partial charge in [-0.2, -0.15) is 5.10 Å². The van der Waals surface area contributed by atoms with Gasteiger partial charge in [0.2, 0.25) is 5.91 Å². The Bertz CT molecular complexity index is 546. The maximum Gasteiger partial charge on any atom is 0.246 e. The van der Waals surface area contributed by atoms with Crippen LogP contribution in [0, 0.1) is 6.92 Å². The number of hydrogen-bond donors (Lipinski definition) is 1. The van der Waals surface area contributed by atoms with Gasteiger partial charge in [0.15, 0.2) is 0 Å². The summed E-state index contributed by atoms with van der Waals surface area (Å²) in [5.74, 6) is 0.694. The van der Waals surface area contributed by atoms with Crippen molar-refractivity contribution in [1.82, 2.24) is 9.78 Å². The lowest BCUT2D eigenvalue weighted by Gasteiger charge is -2.08. The molecule has 5 nitrogen and oxygen atoms in total. The SMILES string of the molecule is CCOc1ccc(NC(=O)Cn2nccc2C)cc1. The van der Waals surface area contributed by atoms with Gasteiger partial charge in [0, 0.05) is 17.6 Å². The number of nitrogens with one attached hydrogen (secondary N) is 1. The first-order valence-corrected chi connectivity index (χ1v) is 6.20. The fourth-order valence-electron chi connectivity index (χ4n) is 1.70. The topological polar surface area (TPSA) is 56.1 Å². The van der Waals surface area contributed by atoms with Crippen LogP contribution in [0.2, 0.25) is 0 Å². The first kappa shape index (κ1) is 13.1. The van der Waals surface area contributed by atoms with Crippen molar-refractivity contribution >= 4 is 11.6 Å². The molecule has 1 N–H and O–H groups in total. The second-order valence-corrected chi connectivity index (χ2v) is 4.14. The molecule has 0 saturated carbocycles. The number of nitrogens with zero attached hydrogens (tertiary/aromatic N) is 2. The number of anilines is 1. The first-order chi connectivity index (χ1) is 9.19. The minimum Gasteiger partial charge on any atom is -0.494 e. The minimum atomic E-state index is -0.101. The molecule has 1 amide bonds. The van der Waals surface area contributed by atoms with E-state index >= 15 is 0 Å². The van der Waals surface area contributed by atoms with Crippen LogP contribution in [0.15, 0.2) is 36.5 Å². The molecule has 2 aromatic rings. The number of benzene rings is 1. The third-order valence-electron chi connectivity index (χ3n) is 2.67. The third-order valence-corrected chi connectivity index (χ3v) is 2.67. The molecule has 0 spiro atoms. The number of aryl methyl sites for hydroxylation is 1. The van der Waals surface area contributed by atoms with Gasteiger partial charge in [-0.15, -0.1) is 0 Å². The van der Waals surface area contributed by atoms with E-state index in [0.29, 0.717) is 6.61 Å². The predicted molar refractivity (Wildman–Crippen MR) is 73.2 cm³/mol. The van der Waals surface area contributed by atoms with Gasteiger partial charge < -0.3 is 10.1 Å². The summed E-state index contributed by atoms with van der Waals surface area (Å²) in [7, 11) is 0. The Morgan fingerprint density at radius 2 is 2.05 bits per heavy atom. The molecule has 1 aromatic carbocycles. The number of hydrogen-bond acceptors (Lipinski definition) is 3. The lowest BCUT2D eigenvalue weighted by atomic mass is 10.3. The highest BCUT2D eigenvalue weighted by atomic mass is 16.5. The smallest absolute Gasteiger partial charge is 0.246 e. The summed E-state index contributed by atoms with van der Waals surface area (Å²) in [5, 5.41) is 6.89. The Labute approximate surface area is 112 Å². The van der Waals surface area contributed by atoms with Crippen molar-refractivity contribution < 1.29 is 9.53 Å². The molecular weight excluding hydrogens is 242 g/mol. The van der Waals surface area contributed by atoms with Gasteiger partial charge in [-0.25, -0.2) is 0 Å². The third kappa shape index (κ3) is 3.58. The Morgan fingerprint density at radius 1 is 1.32 bits per heavy atom. The van der Waals surface area contributed by atoms with Gasteiger partial charge in [0.05, 0.1) is 6.61 Å². The molecule has 0 atom stereocenters. The maximum atomic E-state index is 11.8. The van der Waals surface area contributed by atoms with Gasteiger partial charge in [-0.3, -0.25) is 9.48 Å². The monoisotopic (exact) mass is 259 g/mol. The van der Waals surface area contributed by atoms with Gasteiger partial charge in [-0.1, -0.05) is 0 Å². The number of carbonyl (C=O) groups is 1. The van der Waals surface area contributed by atoms with E-state index in [1.807, 2.05) is 44.2 Å². The fourth-order valence-corrected chi connectivity index (χ4v) is 1.70. The number of amides is 1. The number of ether oxygens (including phenoxy) is 1. The van der Waals surface area contributed by atoms with Crippen LogP contribution in [0.1, 0.15) is 12.6 Å². The molecule has 1 heterocycles. The quantitative estimate of drug-likeness (QED) is 0.895. The van der Waals surface area contributed by atoms with E-state index in [-0.39, 0.29) is 12.5 Å². The second-order valence-electron chi connectivity index (χ2n) is 4.14. The van der Waals surface area contributed by atoms with Crippen molar-refractivity contribution in [2.75, 3.05) is 11.9 Å². The van der Waals surface area contributed by atoms with Crippen LogP contribution in [-0.4, -0.2) is 22.3 Å². The summed E-state index contributed by atoms with van der Waals surface area (Å²) in [6.45, 7) is 4.69. The Balaban J connectivity index is 1.93. The zero-order valence-electron chi connectivity index (χ0n) is 11.1. The molecular formula is C14H17N3O2. The van der Waals surface area contributed by atoms with E-state index < -0.39 is 0 Å². The molecule has 2 rings (SSSR count). The average molecular weight is 259 g/mol. The predicted octanol–water partition coefficient (Wildman–Crippen LogP) is 2.23. The van der Waals surface area contributed by atoms with Crippen molar-refractivity contribution in [3.8, 4) is 5.75 Å². The van der Waals surface area contributed by atoms with Crippen molar-refractivity contribution in [3.63, 3.8) is 0 Å². The van der Waals surface area contributed by atoms with Gasteiger partial charge in [-0.05, 0) is 44.2 Å². The van der Waals surface area contributed by atoms with E-state index in [1.165, 1.54) is 0 Å². The number of carbonyl (C=O) groups excluding carboxylic acids is 1. The molecule has 0 bridgehead atoms. The van der Waals surface area contributed by atoms with Gasteiger partial charge >= 0.3 is 0 Å². The van der Waals surface area contributed by atoms with Gasteiger partial charge in [0.25, 0.3) is 0 Å². The molecule has 0 saturated heterocycles. The average Bonchev–Trinajstić information content (AvgIpc) is 2.78. The molecule has 0 radical (unpaired) electrons. The minimum absolute atomic E-state index is 0.101. The largest absolute Gasteiger partial charge is 0.494 e.